The van der Waals surface area contributed by atoms with Crippen LogP contribution < -0.4 is 9.75 Å². The van der Waals surface area contributed by atoms with Gasteiger partial charge in [0.2, 0.25) is 0 Å². The maximum absolute atomic E-state index is 13.0. The molecule has 1 amide bonds. The Hall–Kier alpha value is -2.54. The number of rotatable bonds is 2. The number of carbonyl (C=O) groups is 1. The zero-order valence-electron chi connectivity index (χ0n) is 13.9. The van der Waals surface area contributed by atoms with Gasteiger partial charge in [-0.1, -0.05) is 0 Å². The summed E-state index contributed by atoms with van der Waals surface area (Å²) in [7, 11) is 3.56. The topological polar surface area (TPSA) is 50.1 Å². The number of ether oxygens (including phenoxy) is 1. The van der Waals surface area contributed by atoms with Crippen LogP contribution in [0.25, 0.3) is 5.52 Å². The number of amides is 1. The molecule has 25 heavy (non-hydrogen) atoms. The number of benzene rings is 1. The summed E-state index contributed by atoms with van der Waals surface area (Å²) in [5.74, 6) is 0.724. The van der Waals surface area contributed by atoms with Gasteiger partial charge < -0.3 is 4.74 Å². The van der Waals surface area contributed by atoms with Gasteiger partial charge in [-0.2, -0.15) is 5.10 Å². The highest BCUT2D eigenvalue weighted by Crippen LogP contribution is 2.30. The Bertz CT molecular complexity index is 969. The van der Waals surface area contributed by atoms with Crippen molar-refractivity contribution < 1.29 is 9.53 Å². The first-order valence-corrected chi connectivity index (χ1v) is 8.73. The Kier molecular flexibility index (Phi) is 3.88. The first-order chi connectivity index (χ1) is 12.1. The number of fused-ring (bicyclic) bond motifs is 2. The predicted octanol–water partition coefficient (Wildman–Crippen LogP) is 3.16. The fraction of sp³-hybridized carbons (Fsp3) is 0.222. The van der Waals surface area contributed by atoms with Gasteiger partial charge in [0, 0.05) is 24.3 Å². The Morgan fingerprint density at radius 2 is 2.08 bits per heavy atom. The van der Waals surface area contributed by atoms with Crippen molar-refractivity contribution in [2.45, 2.75) is 6.42 Å². The SMILES string of the molecule is COc1ccc2c(c1)CCN(C(=O)c1cc3ccc(Br)cn3n1)N2C. The highest BCUT2D eigenvalue weighted by atomic mass is 79.9. The van der Waals surface area contributed by atoms with Gasteiger partial charge in [-0.05, 0) is 64.3 Å². The molecule has 6 nitrogen and oxygen atoms in total. The summed E-state index contributed by atoms with van der Waals surface area (Å²) in [6, 6.07) is 11.6. The van der Waals surface area contributed by atoms with E-state index in [1.165, 1.54) is 5.56 Å². The number of hydrogen-bond donors (Lipinski definition) is 0. The van der Waals surface area contributed by atoms with Crippen LogP contribution in [0.2, 0.25) is 0 Å². The van der Waals surface area contributed by atoms with Crippen molar-refractivity contribution in [1.82, 2.24) is 14.6 Å². The number of anilines is 1. The average molecular weight is 401 g/mol. The smallest absolute Gasteiger partial charge is 0.292 e. The van der Waals surface area contributed by atoms with Crippen LogP contribution in [0, 0.1) is 0 Å². The number of pyridine rings is 1. The fourth-order valence-corrected chi connectivity index (χ4v) is 3.47. The summed E-state index contributed by atoms with van der Waals surface area (Å²) in [6.45, 7) is 0.604. The van der Waals surface area contributed by atoms with Gasteiger partial charge in [0.05, 0.1) is 18.3 Å². The van der Waals surface area contributed by atoms with E-state index in [1.54, 1.807) is 16.6 Å². The van der Waals surface area contributed by atoms with E-state index in [0.717, 1.165) is 27.8 Å². The minimum absolute atomic E-state index is 0.108. The molecule has 1 aliphatic heterocycles. The number of methoxy groups -OCH3 is 1. The third-order valence-electron chi connectivity index (χ3n) is 4.47. The van der Waals surface area contributed by atoms with E-state index in [2.05, 4.69) is 21.0 Å². The minimum atomic E-state index is -0.108. The van der Waals surface area contributed by atoms with Crippen LogP contribution >= 0.6 is 15.9 Å². The molecule has 0 unspecified atom stereocenters. The van der Waals surface area contributed by atoms with E-state index >= 15 is 0 Å². The zero-order valence-corrected chi connectivity index (χ0v) is 15.5. The number of halogens is 1. The first-order valence-electron chi connectivity index (χ1n) is 7.94. The molecule has 3 heterocycles. The first kappa shape index (κ1) is 16.0. The lowest BCUT2D eigenvalue weighted by Gasteiger charge is -2.38. The number of hydrogen-bond acceptors (Lipinski definition) is 4. The predicted molar refractivity (Wildman–Crippen MR) is 99.0 cm³/mol. The van der Waals surface area contributed by atoms with Crippen LogP contribution in [0.3, 0.4) is 0 Å². The molecule has 0 fully saturated rings. The molecule has 128 valence electrons. The van der Waals surface area contributed by atoms with Crippen LogP contribution in [0.5, 0.6) is 5.75 Å². The molecular formula is C18H17BrN4O2. The van der Waals surface area contributed by atoms with Crippen molar-refractivity contribution in [2.24, 2.45) is 0 Å². The van der Waals surface area contributed by atoms with Crippen LogP contribution in [0.1, 0.15) is 16.1 Å². The van der Waals surface area contributed by atoms with Crippen molar-refractivity contribution in [1.29, 1.82) is 0 Å². The summed E-state index contributed by atoms with van der Waals surface area (Å²) >= 11 is 3.42. The van der Waals surface area contributed by atoms with E-state index in [-0.39, 0.29) is 5.91 Å². The maximum atomic E-state index is 13.0. The van der Waals surface area contributed by atoms with Crippen LogP contribution in [0.4, 0.5) is 5.69 Å². The van der Waals surface area contributed by atoms with E-state index < -0.39 is 0 Å². The molecule has 0 bridgehead atoms. The van der Waals surface area contributed by atoms with Crippen molar-refractivity contribution in [3.63, 3.8) is 0 Å². The van der Waals surface area contributed by atoms with Gasteiger partial charge in [-0.15, -0.1) is 0 Å². The zero-order chi connectivity index (χ0) is 17.6. The molecule has 0 atom stereocenters. The van der Waals surface area contributed by atoms with Crippen molar-refractivity contribution in [3.8, 4) is 5.75 Å². The molecule has 0 aliphatic carbocycles. The second-order valence-electron chi connectivity index (χ2n) is 5.94. The second kappa shape index (κ2) is 6.07. The van der Waals surface area contributed by atoms with Crippen molar-refractivity contribution in [2.75, 3.05) is 25.7 Å². The molecule has 0 N–H and O–H groups in total. The molecule has 0 radical (unpaired) electrons. The Balaban J connectivity index is 1.65. The van der Waals surface area contributed by atoms with Gasteiger partial charge in [0.25, 0.3) is 5.91 Å². The molecule has 0 spiro atoms. The quantitative estimate of drug-likeness (QED) is 0.662. The number of aromatic nitrogens is 2. The molecule has 0 saturated heterocycles. The van der Waals surface area contributed by atoms with Crippen LogP contribution in [0.15, 0.2) is 47.1 Å². The molecule has 1 aliphatic rings. The largest absolute Gasteiger partial charge is 0.497 e. The Morgan fingerprint density at radius 1 is 1.24 bits per heavy atom. The lowest BCUT2D eigenvalue weighted by atomic mass is 10.1. The molecule has 1 aromatic carbocycles. The van der Waals surface area contributed by atoms with E-state index in [4.69, 9.17) is 4.74 Å². The average Bonchev–Trinajstić information content (AvgIpc) is 3.04. The van der Waals surface area contributed by atoms with Gasteiger partial charge in [0.15, 0.2) is 5.69 Å². The fourth-order valence-electron chi connectivity index (χ4n) is 3.15. The summed E-state index contributed by atoms with van der Waals surface area (Å²) in [4.78, 5) is 13.0. The summed E-state index contributed by atoms with van der Waals surface area (Å²) < 4.78 is 7.91. The van der Waals surface area contributed by atoms with Gasteiger partial charge in [-0.3, -0.25) is 9.80 Å². The van der Waals surface area contributed by atoms with Gasteiger partial charge in [-0.25, -0.2) is 9.52 Å². The number of nitrogens with zero attached hydrogens (tertiary/aromatic N) is 4. The summed E-state index contributed by atoms with van der Waals surface area (Å²) in [6.07, 6.45) is 2.62. The maximum Gasteiger partial charge on any atom is 0.292 e. The number of hydrazine groups is 1. The lowest BCUT2D eigenvalue weighted by Crippen LogP contribution is -2.48. The lowest BCUT2D eigenvalue weighted by molar-refractivity contribution is 0.0732. The third-order valence-corrected chi connectivity index (χ3v) is 4.94. The van der Waals surface area contributed by atoms with Crippen molar-refractivity contribution >= 4 is 33.0 Å². The standard InChI is InChI=1S/C18H17BrN4O2/c1-21-17-6-5-15(25-2)9-12(17)7-8-23(21)18(24)16-10-14-4-3-13(19)11-22(14)20-16/h3-6,9-11H,7-8H2,1-2H3. The molecule has 0 saturated carbocycles. The van der Waals surface area contributed by atoms with E-state index in [0.29, 0.717) is 12.2 Å². The molecule has 3 aromatic rings. The van der Waals surface area contributed by atoms with Gasteiger partial charge >= 0.3 is 0 Å². The van der Waals surface area contributed by atoms with Gasteiger partial charge in [0.1, 0.15) is 5.75 Å². The highest BCUT2D eigenvalue weighted by molar-refractivity contribution is 9.10. The number of carbonyl (C=O) groups excluding carboxylic acids is 1. The molecule has 2 aromatic heterocycles. The van der Waals surface area contributed by atoms with Crippen LogP contribution in [-0.2, 0) is 6.42 Å². The summed E-state index contributed by atoms with van der Waals surface area (Å²) in [5, 5.41) is 8.03. The molecule has 4 rings (SSSR count). The summed E-state index contributed by atoms with van der Waals surface area (Å²) in [5.41, 5.74) is 3.50. The molecular weight excluding hydrogens is 384 g/mol. The monoisotopic (exact) mass is 400 g/mol. The van der Waals surface area contributed by atoms with E-state index in [1.807, 2.05) is 54.7 Å². The van der Waals surface area contributed by atoms with E-state index in [9.17, 15) is 4.79 Å². The van der Waals surface area contributed by atoms with Crippen LogP contribution in [-0.4, -0.2) is 41.2 Å². The third kappa shape index (κ3) is 2.74. The minimum Gasteiger partial charge on any atom is -0.497 e. The Labute approximate surface area is 153 Å². The Morgan fingerprint density at radius 3 is 2.88 bits per heavy atom. The molecule has 7 heteroatoms. The normalized spacial score (nSPS) is 13.9. The second-order valence-corrected chi connectivity index (χ2v) is 6.86. The highest BCUT2D eigenvalue weighted by Gasteiger charge is 2.28. The van der Waals surface area contributed by atoms with Crippen molar-refractivity contribution in [3.05, 3.63) is 58.3 Å².